The quantitative estimate of drug-likeness (QED) is 0.780. The van der Waals surface area contributed by atoms with Gasteiger partial charge in [0.2, 0.25) is 5.91 Å². The molecule has 1 atom stereocenters. The van der Waals surface area contributed by atoms with Crippen molar-refractivity contribution >= 4 is 18.5 Å². The molecule has 16 heavy (non-hydrogen) atoms. The number of aromatic nitrogens is 2. The minimum Gasteiger partial charge on any atom is -0.349 e. The molecule has 1 amide bonds. The van der Waals surface area contributed by atoms with Gasteiger partial charge in [0, 0.05) is 6.20 Å². The van der Waals surface area contributed by atoms with Crippen molar-refractivity contribution in [3.05, 3.63) is 23.8 Å². The largest absolute Gasteiger partial charge is 0.349 e. The molecule has 0 aromatic carbocycles. The molecule has 0 bridgehead atoms. The third-order valence-corrected chi connectivity index (χ3v) is 3.01. The van der Waals surface area contributed by atoms with E-state index in [1.807, 2.05) is 20.8 Å². The molecule has 1 rings (SSSR count). The molecule has 0 saturated carbocycles. The van der Waals surface area contributed by atoms with Gasteiger partial charge in [-0.2, -0.15) is 12.6 Å². The maximum Gasteiger partial charge on any atom is 0.233 e. The van der Waals surface area contributed by atoms with E-state index in [-0.39, 0.29) is 17.1 Å². The molecule has 1 aromatic rings. The number of hydrogen-bond acceptors (Lipinski definition) is 4. The summed E-state index contributed by atoms with van der Waals surface area (Å²) in [4.78, 5) is 19.8. The number of carbonyl (C=O) groups is 1. The fourth-order valence-electron chi connectivity index (χ4n) is 1.19. The van der Waals surface area contributed by atoms with Gasteiger partial charge in [-0.25, -0.2) is 9.97 Å². The molecule has 0 saturated heterocycles. The monoisotopic (exact) mass is 239 g/mol. The number of aryl methyl sites for hydroxylation is 1. The van der Waals surface area contributed by atoms with Gasteiger partial charge in [0.25, 0.3) is 0 Å². The highest BCUT2D eigenvalue weighted by Gasteiger charge is 2.17. The van der Waals surface area contributed by atoms with Crippen molar-refractivity contribution in [2.75, 3.05) is 0 Å². The van der Waals surface area contributed by atoms with Crippen LogP contribution in [0.5, 0.6) is 0 Å². The molecule has 1 unspecified atom stereocenters. The molecule has 0 aliphatic rings. The number of carbonyl (C=O) groups excluding carboxylic acids is 1. The van der Waals surface area contributed by atoms with Crippen molar-refractivity contribution in [2.45, 2.75) is 32.6 Å². The lowest BCUT2D eigenvalue weighted by atomic mass is 10.1. The van der Waals surface area contributed by atoms with Crippen LogP contribution in [0.4, 0.5) is 0 Å². The molecule has 0 aliphatic heterocycles. The van der Waals surface area contributed by atoms with E-state index in [9.17, 15) is 4.79 Å². The van der Waals surface area contributed by atoms with Gasteiger partial charge in [0.15, 0.2) is 0 Å². The van der Waals surface area contributed by atoms with E-state index < -0.39 is 0 Å². The second kappa shape index (κ2) is 5.84. The number of amides is 1. The fourth-order valence-corrected chi connectivity index (χ4v) is 1.28. The predicted octanol–water partition coefficient (Wildman–Crippen LogP) is 1.36. The summed E-state index contributed by atoms with van der Waals surface area (Å²) in [5.41, 5.74) is 0.810. The van der Waals surface area contributed by atoms with Gasteiger partial charge in [-0.15, -0.1) is 0 Å². The van der Waals surface area contributed by atoms with Gasteiger partial charge in [-0.3, -0.25) is 4.79 Å². The SMILES string of the molecule is Cc1nccc(CNC(=O)C(S)C(C)C)n1. The van der Waals surface area contributed by atoms with E-state index in [4.69, 9.17) is 0 Å². The Balaban J connectivity index is 2.49. The first-order valence-corrected chi connectivity index (χ1v) is 5.76. The van der Waals surface area contributed by atoms with Crippen LogP contribution in [0.1, 0.15) is 25.4 Å². The molecule has 1 N–H and O–H groups in total. The molecule has 88 valence electrons. The number of nitrogens with zero attached hydrogens (tertiary/aromatic N) is 2. The molecule has 5 heteroatoms. The van der Waals surface area contributed by atoms with Gasteiger partial charge < -0.3 is 5.32 Å². The lowest BCUT2D eigenvalue weighted by molar-refractivity contribution is -0.121. The average Bonchev–Trinajstić information content (AvgIpc) is 2.24. The van der Waals surface area contributed by atoms with E-state index in [0.717, 1.165) is 5.69 Å². The predicted molar refractivity (Wildman–Crippen MR) is 66.2 cm³/mol. The second-order valence-electron chi connectivity index (χ2n) is 4.00. The van der Waals surface area contributed by atoms with Gasteiger partial charge in [-0.1, -0.05) is 13.8 Å². The van der Waals surface area contributed by atoms with Crippen LogP contribution in [0.3, 0.4) is 0 Å². The standard InChI is InChI=1S/C11H17N3OS/c1-7(2)10(16)11(15)13-6-9-4-5-12-8(3)14-9/h4-5,7,10,16H,6H2,1-3H3,(H,13,15). The fraction of sp³-hybridized carbons (Fsp3) is 0.545. The summed E-state index contributed by atoms with van der Waals surface area (Å²) in [6.45, 7) is 6.17. The first kappa shape index (κ1) is 13.0. The zero-order valence-corrected chi connectivity index (χ0v) is 10.7. The van der Waals surface area contributed by atoms with Crippen molar-refractivity contribution in [3.63, 3.8) is 0 Å². The molecule has 1 aromatic heterocycles. The number of hydrogen-bond donors (Lipinski definition) is 2. The van der Waals surface area contributed by atoms with Crippen molar-refractivity contribution in [2.24, 2.45) is 5.92 Å². The van der Waals surface area contributed by atoms with Crippen LogP contribution in [-0.2, 0) is 11.3 Å². The Kier molecular flexibility index (Phi) is 4.73. The van der Waals surface area contributed by atoms with Crippen LogP contribution in [0.2, 0.25) is 0 Å². The van der Waals surface area contributed by atoms with Crippen molar-refractivity contribution < 1.29 is 4.79 Å². The maximum atomic E-state index is 11.6. The van der Waals surface area contributed by atoms with Crippen LogP contribution in [0, 0.1) is 12.8 Å². The molecule has 0 aliphatic carbocycles. The molecule has 0 spiro atoms. The highest BCUT2D eigenvalue weighted by molar-refractivity contribution is 7.81. The van der Waals surface area contributed by atoms with Crippen LogP contribution in [0.25, 0.3) is 0 Å². The minimum absolute atomic E-state index is 0.0606. The van der Waals surface area contributed by atoms with Crippen LogP contribution < -0.4 is 5.32 Å². The molecular weight excluding hydrogens is 222 g/mol. The summed E-state index contributed by atoms with van der Waals surface area (Å²) >= 11 is 4.24. The van der Waals surface area contributed by atoms with Crippen molar-refractivity contribution in [1.29, 1.82) is 0 Å². The van der Waals surface area contributed by atoms with Gasteiger partial charge in [0.1, 0.15) is 5.82 Å². The van der Waals surface area contributed by atoms with Crippen LogP contribution in [0.15, 0.2) is 12.3 Å². The van der Waals surface area contributed by atoms with E-state index in [0.29, 0.717) is 12.4 Å². The Morgan fingerprint density at radius 2 is 2.25 bits per heavy atom. The first-order valence-electron chi connectivity index (χ1n) is 5.25. The summed E-state index contributed by atoms with van der Waals surface area (Å²) in [6, 6.07) is 1.79. The summed E-state index contributed by atoms with van der Waals surface area (Å²) in [6.07, 6.45) is 1.68. The highest BCUT2D eigenvalue weighted by atomic mass is 32.1. The number of nitrogens with one attached hydrogen (secondary N) is 1. The van der Waals surface area contributed by atoms with Crippen LogP contribution in [-0.4, -0.2) is 21.1 Å². The molecule has 0 radical (unpaired) electrons. The second-order valence-corrected chi connectivity index (χ2v) is 4.56. The summed E-state index contributed by atoms with van der Waals surface area (Å²) in [5.74, 6) is 0.864. The Labute approximate surface area is 101 Å². The van der Waals surface area contributed by atoms with Crippen molar-refractivity contribution in [1.82, 2.24) is 15.3 Å². The molecule has 1 heterocycles. The third kappa shape index (κ3) is 3.81. The number of thiol groups is 1. The average molecular weight is 239 g/mol. The smallest absolute Gasteiger partial charge is 0.233 e. The van der Waals surface area contributed by atoms with E-state index in [1.165, 1.54) is 0 Å². The zero-order valence-electron chi connectivity index (χ0n) is 9.77. The van der Waals surface area contributed by atoms with E-state index >= 15 is 0 Å². The normalized spacial score (nSPS) is 12.6. The topological polar surface area (TPSA) is 54.9 Å². The first-order chi connectivity index (χ1) is 7.50. The van der Waals surface area contributed by atoms with E-state index in [1.54, 1.807) is 12.3 Å². The molecular formula is C11H17N3OS. The molecule has 4 nitrogen and oxygen atoms in total. The maximum absolute atomic E-state index is 11.6. The molecule has 0 fully saturated rings. The highest BCUT2D eigenvalue weighted by Crippen LogP contribution is 2.08. The number of rotatable bonds is 4. The van der Waals surface area contributed by atoms with Crippen molar-refractivity contribution in [3.8, 4) is 0 Å². The lowest BCUT2D eigenvalue weighted by Crippen LogP contribution is -2.34. The Morgan fingerprint density at radius 3 is 2.81 bits per heavy atom. The summed E-state index contributed by atoms with van der Waals surface area (Å²) < 4.78 is 0. The minimum atomic E-state index is -0.275. The Morgan fingerprint density at radius 1 is 1.56 bits per heavy atom. The zero-order chi connectivity index (χ0) is 12.1. The van der Waals surface area contributed by atoms with E-state index in [2.05, 4.69) is 27.9 Å². The van der Waals surface area contributed by atoms with Gasteiger partial charge in [-0.05, 0) is 18.9 Å². The third-order valence-electron chi connectivity index (χ3n) is 2.18. The van der Waals surface area contributed by atoms with Gasteiger partial charge in [0.05, 0.1) is 17.5 Å². The van der Waals surface area contributed by atoms with Gasteiger partial charge >= 0.3 is 0 Å². The Hall–Kier alpha value is -1.10. The summed E-state index contributed by atoms with van der Waals surface area (Å²) in [5, 5.41) is 2.53. The Bertz CT molecular complexity index is 368. The van der Waals surface area contributed by atoms with Crippen LogP contribution >= 0.6 is 12.6 Å². The summed E-state index contributed by atoms with van der Waals surface area (Å²) in [7, 11) is 0. The lowest BCUT2D eigenvalue weighted by Gasteiger charge is -2.14.